The lowest BCUT2D eigenvalue weighted by Gasteiger charge is -2.41. The van der Waals surface area contributed by atoms with E-state index < -0.39 is 55.3 Å². The number of aliphatic hydroxyl groups is 6. The molecule has 1 aromatic carbocycles. The van der Waals surface area contributed by atoms with Crippen LogP contribution in [0.2, 0.25) is 0 Å². The molecule has 2 heterocycles. The van der Waals surface area contributed by atoms with Gasteiger partial charge < -0.3 is 49.6 Å². The molecule has 168 valence electrons. The fourth-order valence-corrected chi connectivity index (χ4v) is 3.21. The van der Waals surface area contributed by atoms with E-state index in [1.54, 1.807) is 6.08 Å². The van der Waals surface area contributed by atoms with E-state index in [1.165, 1.54) is 0 Å². The first kappa shape index (κ1) is 23.2. The molecule has 0 amide bonds. The topological polar surface area (TPSA) is 158 Å². The van der Waals surface area contributed by atoms with Gasteiger partial charge in [0.1, 0.15) is 42.7 Å². The van der Waals surface area contributed by atoms with Crippen molar-refractivity contribution in [3.63, 3.8) is 0 Å². The molecule has 6 N–H and O–H groups in total. The van der Waals surface area contributed by atoms with Gasteiger partial charge in [-0.25, -0.2) is 0 Å². The van der Waals surface area contributed by atoms with Gasteiger partial charge in [-0.15, -0.1) is 0 Å². The van der Waals surface area contributed by atoms with Crippen LogP contribution in [0, 0.1) is 0 Å². The number of benzene rings is 1. The average molecular weight is 428 g/mol. The van der Waals surface area contributed by atoms with Gasteiger partial charge in [0.2, 0.25) is 0 Å². The first-order valence-electron chi connectivity index (χ1n) is 9.68. The van der Waals surface area contributed by atoms with E-state index in [4.69, 9.17) is 18.9 Å². The Balaban J connectivity index is 1.52. The maximum absolute atomic E-state index is 10.2. The van der Waals surface area contributed by atoms with Gasteiger partial charge in [0, 0.05) is 0 Å². The van der Waals surface area contributed by atoms with Crippen molar-refractivity contribution in [3.05, 3.63) is 42.0 Å². The van der Waals surface area contributed by atoms with Gasteiger partial charge in [-0.2, -0.15) is 0 Å². The summed E-state index contributed by atoms with van der Waals surface area (Å²) in [7, 11) is 0. The van der Waals surface area contributed by atoms with Crippen molar-refractivity contribution in [1.82, 2.24) is 0 Å². The average Bonchev–Trinajstić information content (AvgIpc) is 2.76. The minimum Gasteiger partial charge on any atom is -0.388 e. The third-order valence-electron chi connectivity index (χ3n) is 5.01. The van der Waals surface area contributed by atoms with Crippen molar-refractivity contribution >= 4 is 6.08 Å². The molecule has 0 bridgehead atoms. The Morgan fingerprint density at radius 2 is 1.53 bits per heavy atom. The molecule has 10 nitrogen and oxygen atoms in total. The molecule has 0 radical (unpaired) electrons. The summed E-state index contributed by atoms with van der Waals surface area (Å²) in [4.78, 5) is 0. The Morgan fingerprint density at radius 3 is 2.27 bits per heavy atom. The zero-order chi connectivity index (χ0) is 21.7. The van der Waals surface area contributed by atoms with Gasteiger partial charge >= 0.3 is 0 Å². The molecule has 2 saturated heterocycles. The van der Waals surface area contributed by atoms with Crippen molar-refractivity contribution in [1.29, 1.82) is 0 Å². The number of rotatable bonds is 7. The molecule has 0 aliphatic carbocycles. The van der Waals surface area contributed by atoms with E-state index in [-0.39, 0.29) is 19.8 Å². The largest absolute Gasteiger partial charge is 0.388 e. The molecule has 0 spiro atoms. The highest BCUT2D eigenvalue weighted by Gasteiger charge is 2.45. The molecule has 2 aliphatic rings. The third kappa shape index (κ3) is 5.62. The lowest BCUT2D eigenvalue weighted by atomic mass is 9.99. The van der Waals surface area contributed by atoms with Crippen LogP contribution >= 0.6 is 0 Å². The molecule has 0 unspecified atom stereocenters. The number of hydrogen-bond acceptors (Lipinski definition) is 10. The molecule has 2 fully saturated rings. The maximum atomic E-state index is 10.2. The van der Waals surface area contributed by atoms with Crippen LogP contribution in [-0.2, 0) is 18.9 Å². The second kappa shape index (κ2) is 10.7. The summed E-state index contributed by atoms with van der Waals surface area (Å²) in [6, 6.07) is 9.50. The molecule has 30 heavy (non-hydrogen) atoms. The van der Waals surface area contributed by atoms with E-state index in [0.717, 1.165) is 5.56 Å². The molecule has 1 aromatic rings. The number of ether oxygens (including phenoxy) is 4. The van der Waals surface area contributed by atoms with Crippen LogP contribution in [0.25, 0.3) is 6.08 Å². The van der Waals surface area contributed by atoms with Crippen LogP contribution in [0.4, 0.5) is 0 Å². The molecule has 0 aromatic heterocycles. The zero-order valence-corrected chi connectivity index (χ0v) is 16.2. The van der Waals surface area contributed by atoms with Gasteiger partial charge in [0.05, 0.1) is 19.8 Å². The molecular formula is C20H28O10. The summed E-state index contributed by atoms with van der Waals surface area (Å²) < 4.78 is 21.5. The van der Waals surface area contributed by atoms with Gasteiger partial charge in [0.25, 0.3) is 0 Å². The molecule has 2 aliphatic heterocycles. The first-order chi connectivity index (χ1) is 14.4. The highest BCUT2D eigenvalue weighted by atomic mass is 16.7. The van der Waals surface area contributed by atoms with Crippen LogP contribution in [0.3, 0.4) is 0 Å². The minimum atomic E-state index is -1.54. The predicted molar refractivity (Wildman–Crippen MR) is 102 cm³/mol. The molecular weight excluding hydrogens is 400 g/mol. The summed E-state index contributed by atoms with van der Waals surface area (Å²) in [5.74, 6) is 0. The zero-order valence-electron chi connectivity index (χ0n) is 16.2. The van der Waals surface area contributed by atoms with Crippen LogP contribution in [0.1, 0.15) is 5.56 Å². The predicted octanol–water partition coefficient (Wildman–Crippen LogP) is -2.02. The molecule has 9 atom stereocenters. The highest BCUT2D eigenvalue weighted by molar-refractivity contribution is 5.48. The van der Waals surface area contributed by atoms with Crippen LogP contribution in [0.15, 0.2) is 36.4 Å². The van der Waals surface area contributed by atoms with Gasteiger partial charge in [-0.3, -0.25) is 0 Å². The van der Waals surface area contributed by atoms with Gasteiger partial charge in [-0.05, 0) is 5.56 Å². The Hall–Kier alpha value is -1.44. The van der Waals surface area contributed by atoms with E-state index >= 15 is 0 Å². The minimum absolute atomic E-state index is 0.0849. The summed E-state index contributed by atoms with van der Waals surface area (Å²) in [5.41, 5.74) is 0.964. The van der Waals surface area contributed by atoms with Crippen LogP contribution in [0.5, 0.6) is 0 Å². The fraction of sp³-hybridized carbons (Fsp3) is 0.600. The summed E-state index contributed by atoms with van der Waals surface area (Å²) >= 11 is 0. The first-order valence-corrected chi connectivity index (χ1v) is 9.68. The Kier molecular flexibility index (Phi) is 8.31. The summed E-state index contributed by atoms with van der Waals surface area (Å²) in [5, 5.41) is 59.4. The normalized spacial score (nSPS) is 40.0. The molecule has 3 rings (SSSR count). The lowest BCUT2D eigenvalue weighted by Crippen LogP contribution is -2.60. The smallest absolute Gasteiger partial charge is 0.187 e. The van der Waals surface area contributed by atoms with E-state index in [1.807, 2.05) is 36.4 Å². The Labute approximate surface area is 173 Å². The summed E-state index contributed by atoms with van der Waals surface area (Å²) in [6.45, 7) is -0.478. The fourth-order valence-electron chi connectivity index (χ4n) is 3.21. The van der Waals surface area contributed by atoms with Crippen molar-refractivity contribution in [2.45, 2.75) is 55.3 Å². The lowest BCUT2D eigenvalue weighted by molar-refractivity contribution is -0.319. The molecule has 10 heteroatoms. The van der Waals surface area contributed by atoms with Crippen molar-refractivity contribution in [3.8, 4) is 0 Å². The maximum Gasteiger partial charge on any atom is 0.187 e. The number of hydrogen-bond donors (Lipinski definition) is 6. The summed E-state index contributed by atoms with van der Waals surface area (Å²) in [6.07, 6.45) is -8.71. The van der Waals surface area contributed by atoms with E-state index in [9.17, 15) is 30.6 Å². The Morgan fingerprint density at radius 1 is 0.833 bits per heavy atom. The Bertz CT molecular complexity index is 671. The van der Waals surface area contributed by atoms with Crippen molar-refractivity contribution < 1.29 is 49.6 Å². The standard InChI is InChI=1S/C20H28O10/c21-12-9-28-19(17(25)14(12)22)29-10-13-15(23)16(24)18(26)20(30-13)27-8-4-7-11-5-2-1-3-6-11/h1-7,12-26H,8-10H2/b7-4+/t12-,13-,14+,15-,16+,17-,18-,19+,20-/m1/s1. The second-order valence-electron chi connectivity index (χ2n) is 7.24. The van der Waals surface area contributed by atoms with E-state index in [0.29, 0.717) is 0 Å². The van der Waals surface area contributed by atoms with E-state index in [2.05, 4.69) is 0 Å². The number of aliphatic hydroxyl groups excluding tert-OH is 6. The molecule has 0 saturated carbocycles. The van der Waals surface area contributed by atoms with Gasteiger partial charge in [-0.1, -0.05) is 42.5 Å². The monoisotopic (exact) mass is 428 g/mol. The van der Waals surface area contributed by atoms with Crippen molar-refractivity contribution in [2.75, 3.05) is 19.8 Å². The SMILES string of the molecule is O[C@@H]1[C@@H](O)[C@H](OC/C=C/c2ccccc2)O[C@H](CO[C@@H]2OC[C@@H](O)[C@H](O)[C@H]2O)[C@H]1O. The van der Waals surface area contributed by atoms with Crippen LogP contribution < -0.4 is 0 Å². The van der Waals surface area contributed by atoms with Crippen molar-refractivity contribution in [2.24, 2.45) is 0 Å². The third-order valence-corrected chi connectivity index (χ3v) is 5.01. The highest BCUT2D eigenvalue weighted by Crippen LogP contribution is 2.24. The van der Waals surface area contributed by atoms with Crippen LogP contribution in [-0.4, -0.2) is 106 Å². The quantitative estimate of drug-likeness (QED) is 0.286. The van der Waals surface area contributed by atoms with Gasteiger partial charge in [0.15, 0.2) is 12.6 Å². The second-order valence-corrected chi connectivity index (χ2v) is 7.24.